The van der Waals surface area contributed by atoms with Gasteiger partial charge >= 0.3 is 0 Å². The summed E-state index contributed by atoms with van der Waals surface area (Å²) in [6.45, 7) is 5.33. The first-order valence-electron chi connectivity index (χ1n) is 6.62. The SMILES string of the molecule is CC(C)NCCc1nc2c([nH]1)CCc1sccc1-2. The van der Waals surface area contributed by atoms with Crippen LogP contribution in [0.1, 0.15) is 30.2 Å². The molecule has 3 nitrogen and oxygen atoms in total. The van der Waals surface area contributed by atoms with E-state index >= 15 is 0 Å². The number of H-pyrrole nitrogens is 1. The van der Waals surface area contributed by atoms with E-state index in [1.54, 1.807) is 0 Å². The van der Waals surface area contributed by atoms with E-state index in [0.29, 0.717) is 6.04 Å². The van der Waals surface area contributed by atoms with Crippen LogP contribution in [0.5, 0.6) is 0 Å². The molecule has 0 spiro atoms. The average molecular weight is 261 g/mol. The van der Waals surface area contributed by atoms with E-state index in [1.807, 2.05) is 11.3 Å². The zero-order valence-electron chi connectivity index (χ0n) is 10.9. The molecule has 2 N–H and O–H groups in total. The Balaban J connectivity index is 1.77. The minimum Gasteiger partial charge on any atom is -0.345 e. The van der Waals surface area contributed by atoms with Gasteiger partial charge in [0, 0.05) is 35.1 Å². The van der Waals surface area contributed by atoms with Crippen LogP contribution in [0.2, 0.25) is 0 Å². The van der Waals surface area contributed by atoms with Gasteiger partial charge in [-0.05, 0) is 24.3 Å². The summed E-state index contributed by atoms with van der Waals surface area (Å²) in [5, 5.41) is 5.61. The molecule has 4 heteroatoms. The summed E-state index contributed by atoms with van der Waals surface area (Å²) in [5.74, 6) is 1.12. The summed E-state index contributed by atoms with van der Waals surface area (Å²) >= 11 is 1.85. The van der Waals surface area contributed by atoms with E-state index in [4.69, 9.17) is 4.98 Å². The minimum absolute atomic E-state index is 0.540. The fraction of sp³-hybridized carbons (Fsp3) is 0.500. The molecular formula is C14H19N3S. The Bertz CT molecular complexity index is 539. The Hall–Kier alpha value is -1.13. The van der Waals surface area contributed by atoms with Crippen molar-refractivity contribution in [1.82, 2.24) is 15.3 Å². The number of nitrogens with one attached hydrogen (secondary N) is 2. The molecule has 0 fully saturated rings. The van der Waals surface area contributed by atoms with Gasteiger partial charge in [-0.15, -0.1) is 11.3 Å². The molecule has 0 amide bonds. The van der Waals surface area contributed by atoms with Crippen molar-refractivity contribution in [1.29, 1.82) is 0 Å². The lowest BCUT2D eigenvalue weighted by molar-refractivity contribution is 0.584. The van der Waals surface area contributed by atoms with Crippen LogP contribution in [-0.4, -0.2) is 22.6 Å². The highest BCUT2D eigenvalue weighted by Gasteiger charge is 2.20. The fourth-order valence-electron chi connectivity index (χ4n) is 2.45. The van der Waals surface area contributed by atoms with Gasteiger partial charge in [-0.2, -0.15) is 0 Å². The van der Waals surface area contributed by atoms with Gasteiger partial charge in [0.25, 0.3) is 0 Å². The number of nitrogens with zero attached hydrogens (tertiary/aromatic N) is 1. The second kappa shape index (κ2) is 4.86. The normalized spacial score (nSPS) is 13.7. The summed E-state index contributed by atoms with van der Waals surface area (Å²) in [6.07, 6.45) is 3.24. The van der Waals surface area contributed by atoms with Crippen molar-refractivity contribution < 1.29 is 0 Å². The molecule has 0 aliphatic heterocycles. The maximum atomic E-state index is 4.77. The number of rotatable bonds is 4. The fourth-order valence-corrected chi connectivity index (χ4v) is 3.33. The topological polar surface area (TPSA) is 40.7 Å². The monoisotopic (exact) mass is 261 g/mol. The molecule has 18 heavy (non-hydrogen) atoms. The number of hydrogen-bond acceptors (Lipinski definition) is 3. The van der Waals surface area contributed by atoms with Crippen LogP contribution in [0.3, 0.4) is 0 Å². The van der Waals surface area contributed by atoms with Crippen molar-refractivity contribution >= 4 is 11.3 Å². The van der Waals surface area contributed by atoms with Crippen molar-refractivity contribution in [2.24, 2.45) is 0 Å². The van der Waals surface area contributed by atoms with E-state index in [9.17, 15) is 0 Å². The number of hydrogen-bond donors (Lipinski definition) is 2. The maximum absolute atomic E-state index is 4.77. The number of imidazole rings is 1. The Kier molecular flexibility index (Phi) is 3.22. The molecular weight excluding hydrogens is 242 g/mol. The van der Waals surface area contributed by atoms with Crippen LogP contribution in [-0.2, 0) is 19.3 Å². The standard InChI is InChI=1S/C14H19N3S/c1-9(2)15-7-5-13-16-11-3-4-12-10(6-8-18-12)14(11)17-13/h6,8-9,15H,3-5,7H2,1-2H3,(H,16,17). The molecule has 1 aliphatic rings. The third-order valence-corrected chi connectivity index (χ3v) is 4.33. The molecule has 0 radical (unpaired) electrons. The third-order valence-electron chi connectivity index (χ3n) is 3.34. The zero-order valence-corrected chi connectivity index (χ0v) is 11.7. The van der Waals surface area contributed by atoms with Crippen LogP contribution in [0.15, 0.2) is 11.4 Å². The van der Waals surface area contributed by atoms with E-state index in [0.717, 1.165) is 31.6 Å². The highest BCUT2D eigenvalue weighted by molar-refractivity contribution is 7.10. The molecule has 0 saturated carbocycles. The van der Waals surface area contributed by atoms with Crippen molar-refractivity contribution in [3.63, 3.8) is 0 Å². The highest BCUT2D eigenvalue weighted by atomic mass is 32.1. The number of thiophene rings is 1. The zero-order chi connectivity index (χ0) is 12.5. The molecule has 0 saturated heterocycles. The van der Waals surface area contributed by atoms with Gasteiger partial charge in [0.15, 0.2) is 0 Å². The average Bonchev–Trinajstić information content (AvgIpc) is 2.92. The first kappa shape index (κ1) is 11.9. The first-order chi connectivity index (χ1) is 8.74. The van der Waals surface area contributed by atoms with Crippen molar-refractivity contribution in [2.45, 2.75) is 39.2 Å². The van der Waals surface area contributed by atoms with Crippen molar-refractivity contribution in [2.75, 3.05) is 6.54 Å². The summed E-state index contributed by atoms with van der Waals surface area (Å²) in [5.41, 5.74) is 3.86. The molecule has 2 heterocycles. The van der Waals surface area contributed by atoms with E-state index in [2.05, 4.69) is 35.6 Å². The van der Waals surface area contributed by atoms with Crippen LogP contribution >= 0.6 is 11.3 Å². The maximum Gasteiger partial charge on any atom is 0.108 e. The second-order valence-corrected chi connectivity index (χ2v) is 6.13. The van der Waals surface area contributed by atoms with Crippen molar-refractivity contribution in [3.8, 4) is 11.3 Å². The van der Waals surface area contributed by atoms with Gasteiger partial charge in [0.2, 0.25) is 0 Å². The lowest BCUT2D eigenvalue weighted by Crippen LogP contribution is -2.25. The van der Waals surface area contributed by atoms with Gasteiger partial charge in [0.1, 0.15) is 5.82 Å². The molecule has 1 aliphatic carbocycles. The molecule has 2 aromatic rings. The minimum atomic E-state index is 0.540. The molecule has 0 aromatic carbocycles. The van der Waals surface area contributed by atoms with E-state index in [-0.39, 0.29) is 0 Å². The van der Waals surface area contributed by atoms with Gasteiger partial charge in [-0.3, -0.25) is 0 Å². The Morgan fingerprint density at radius 2 is 2.33 bits per heavy atom. The van der Waals surface area contributed by atoms with Crippen LogP contribution in [0.4, 0.5) is 0 Å². The van der Waals surface area contributed by atoms with Crippen LogP contribution < -0.4 is 5.32 Å². The summed E-state index contributed by atoms with van der Waals surface area (Å²) in [7, 11) is 0. The molecule has 0 unspecified atom stereocenters. The van der Waals surface area contributed by atoms with Gasteiger partial charge < -0.3 is 10.3 Å². The van der Waals surface area contributed by atoms with E-state index in [1.165, 1.54) is 21.8 Å². The lowest BCUT2D eigenvalue weighted by Gasteiger charge is -2.09. The number of aromatic nitrogens is 2. The smallest absolute Gasteiger partial charge is 0.108 e. The summed E-state index contributed by atoms with van der Waals surface area (Å²) < 4.78 is 0. The summed E-state index contributed by atoms with van der Waals surface area (Å²) in [6, 6.07) is 2.74. The molecule has 2 aromatic heterocycles. The molecule has 3 rings (SSSR count). The highest BCUT2D eigenvalue weighted by Crippen LogP contribution is 2.35. The van der Waals surface area contributed by atoms with E-state index < -0.39 is 0 Å². The van der Waals surface area contributed by atoms with Crippen LogP contribution in [0.25, 0.3) is 11.3 Å². The Morgan fingerprint density at radius 3 is 3.17 bits per heavy atom. The number of aryl methyl sites for hydroxylation is 2. The quantitative estimate of drug-likeness (QED) is 0.888. The molecule has 96 valence electrons. The third kappa shape index (κ3) is 2.22. The largest absolute Gasteiger partial charge is 0.345 e. The first-order valence-corrected chi connectivity index (χ1v) is 7.50. The van der Waals surface area contributed by atoms with Gasteiger partial charge in [0.05, 0.1) is 5.69 Å². The predicted octanol–water partition coefficient (Wildman–Crippen LogP) is 2.78. The van der Waals surface area contributed by atoms with Crippen LogP contribution in [0, 0.1) is 0 Å². The number of aromatic amines is 1. The number of fused-ring (bicyclic) bond motifs is 3. The lowest BCUT2D eigenvalue weighted by atomic mass is 10.0. The molecule has 0 atom stereocenters. The molecule has 0 bridgehead atoms. The predicted molar refractivity (Wildman–Crippen MR) is 76.2 cm³/mol. The Morgan fingerprint density at radius 1 is 1.44 bits per heavy atom. The van der Waals surface area contributed by atoms with Gasteiger partial charge in [-0.25, -0.2) is 4.98 Å². The second-order valence-electron chi connectivity index (χ2n) is 5.13. The summed E-state index contributed by atoms with van der Waals surface area (Å²) in [4.78, 5) is 9.75. The Labute approximate surface area is 112 Å². The van der Waals surface area contributed by atoms with Crippen molar-refractivity contribution in [3.05, 3.63) is 27.8 Å². The van der Waals surface area contributed by atoms with Gasteiger partial charge in [-0.1, -0.05) is 13.8 Å².